The van der Waals surface area contributed by atoms with E-state index in [4.69, 9.17) is 0 Å². The van der Waals surface area contributed by atoms with Crippen LogP contribution >= 0.6 is 0 Å². The van der Waals surface area contributed by atoms with Gasteiger partial charge in [-0.15, -0.1) is 0 Å². The summed E-state index contributed by atoms with van der Waals surface area (Å²) in [5.41, 5.74) is 0. The predicted octanol–water partition coefficient (Wildman–Crippen LogP) is 1.46. The van der Waals surface area contributed by atoms with Crippen molar-refractivity contribution >= 4 is 11.6 Å². The SMILES string of the molecule is CCCCN(C)c1cc(N2CCN(C)CC2)ncn1. The van der Waals surface area contributed by atoms with Crippen LogP contribution in [0.1, 0.15) is 19.8 Å². The first-order valence-electron chi connectivity index (χ1n) is 7.17. The quantitative estimate of drug-likeness (QED) is 0.804. The van der Waals surface area contributed by atoms with Crippen LogP contribution in [-0.2, 0) is 0 Å². The van der Waals surface area contributed by atoms with E-state index in [1.807, 2.05) is 0 Å². The lowest BCUT2D eigenvalue weighted by Gasteiger charge is -2.33. The number of piperazine rings is 1. The molecule has 2 rings (SSSR count). The van der Waals surface area contributed by atoms with Crippen LogP contribution < -0.4 is 9.80 Å². The molecule has 1 saturated heterocycles. The Kier molecular flexibility index (Phi) is 4.96. The number of likely N-dealkylation sites (N-methyl/N-ethyl adjacent to an activating group) is 1. The highest BCUT2D eigenvalue weighted by molar-refractivity contribution is 5.49. The van der Waals surface area contributed by atoms with E-state index < -0.39 is 0 Å². The van der Waals surface area contributed by atoms with E-state index in [0.29, 0.717) is 0 Å². The van der Waals surface area contributed by atoms with Gasteiger partial charge < -0.3 is 14.7 Å². The van der Waals surface area contributed by atoms with Crippen molar-refractivity contribution in [3.63, 3.8) is 0 Å². The molecule has 0 atom stereocenters. The summed E-state index contributed by atoms with van der Waals surface area (Å²) >= 11 is 0. The first-order valence-corrected chi connectivity index (χ1v) is 7.17. The second-order valence-corrected chi connectivity index (χ2v) is 5.30. The molecular weight excluding hydrogens is 238 g/mol. The van der Waals surface area contributed by atoms with Crippen molar-refractivity contribution in [3.05, 3.63) is 12.4 Å². The molecule has 1 fully saturated rings. The van der Waals surface area contributed by atoms with Crippen molar-refractivity contribution in [3.8, 4) is 0 Å². The van der Waals surface area contributed by atoms with Gasteiger partial charge in [-0.05, 0) is 13.5 Å². The zero-order valence-electron chi connectivity index (χ0n) is 12.3. The normalized spacial score (nSPS) is 16.7. The Morgan fingerprint density at radius 1 is 1.21 bits per heavy atom. The number of aromatic nitrogens is 2. The van der Waals surface area contributed by atoms with Crippen molar-refractivity contribution in [2.24, 2.45) is 0 Å². The molecule has 0 unspecified atom stereocenters. The molecule has 1 aromatic rings. The van der Waals surface area contributed by atoms with Gasteiger partial charge in [-0.25, -0.2) is 9.97 Å². The third-order valence-electron chi connectivity index (χ3n) is 3.70. The van der Waals surface area contributed by atoms with Crippen molar-refractivity contribution < 1.29 is 0 Å². The van der Waals surface area contributed by atoms with Gasteiger partial charge in [0.1, 0.15) is 18.0 Å². The average Bonchev–Trinajstić information content (AvgIpc) is 2.45. The highest BCUT2D eigenvalue weighted by Crippen LogP contribution is 2.18. The van der Waals surface area contributed by atoms with Gasteiger partial charge >= 0.3 is 0 Å². The lowest BCUT2D eigenvalue weighted by Crippen LogP contribution is -2.44. The second kappa shape index (κ2) is 6.70. The van der Waals surface area contributed by atoms with E-state index in [9.17, 15) is 0 Å². The summed E-state index contributed by atoms with van der Waals surface area (Å²) in [6, 6.07) is 2.11. The maximum Gasteiger partial charge on any atom is 0.134 e. The van der Waals surface area contributed by atoms with E-state index in [2.05, 4.69) is 51.8 Å². The topological polar surface area (TPSA) is 35.5 Å². The fraction of sp³-hybridized carbons (Fsp3) is 0.714. The first-order chi connectivity index (χ1) is 9.20. The number of nitrogens with zero attached hydrogens (tertiary/aromatic N) is 5. The number of hydrogen-bond acceptors (Lipinski definition) is 5. The first kappa shape index (κ1) is 14.1. The molecular formula is C14H25N5. The highest BCUT2D eigenvalue weighted by Gasteiger charge is 2.16. The van der Waals surface area contributed by atoms with Crippen LogP contribution in [0.5, 0.6) is 0 Å². The van der Waals surface area contributed by atoms with Crippen LogP contribution in [-0.4, -0.2) is 61.7 Å². The van der Waals surface area contributed by atoms with Crippen LogP contribution in [0.2, 0.25) is 0 Å². The van der Waals surface area contributed by atoms with Crippen molar-refractivity contribution in [2.75, 3.05) is 56.6 Å². The molecule has 106 valence electrons. The molecule has 0 bridgehead atoms. The average molecular weight is 263 g/mol. The largest absolute Gasteiger partial charge is 0.360 e. The summed E-state index contributed by atoms with van der Waals surface area (Å²) in [7, 11) is 4.27. The van der Waals surface area contributed by atoms with E-state index in [1.54, 1.807) is 6.33 Å². The van der Waals surface area contributed by atoms with Crippen LogP contribution in [0.25, 0.3) is 0 Å². The van der Waals surface area contributed by atoms with Gasteiger partial charge in [0, 0.05) is 45.8 Å². The van der Waals surface area contributed by atoms with Gasteiger partial charge in [0.2, 0.25) is 0 Å². The highest BCUT2D eigenvalue weighted by atomic mass is 15.3. The molecule has 0 aliphatic carbocycles. The van der Waals surface area contributed by atoms with Crippen LogP contribution in [0.4, 0.5) is 11.6 Å². The molecule has 0 aromatic carbocycles. The molecule has 0 radical (unpaired) electrons. The molecule has 5 heteroatoms. The third kappa shape index (κ3) is 3.80. The Morgan fingerprint density at radius 2 is 1.95 bits per heavy atom. The summed E-state index contributed by atoms with van der Waals surface area (Å²) in [6.45, 7) is 7.56. The Morgan fingerprint density at radius 3 is 2.63 bits per heavy atom. The smallest absolute Gasteiger partial charge is 0.134 e. The molecule has 0 N–H and O–H groups in total. The molecule has 0 spiro atoms. The summed E-state index contributed by atoms with van der Waals surface area (Å²) in [6.07, 6.45) is 4.09. The number of hydrogen-bond donors (Lipinski definition) is 0. The maximum absolute atomic E-state index is 4.42. The van der Waals surface area contributed by atoms with E-state index in [0.717, 1.165) is 44.4 Å². The van der Waals surface area contributed by atoms with E-state index >= 15 is 0 Å². The molecule has 0 amide bonds. The third-order valence-corrected chi connectivity index (χ3v) is 3.70. The molecule has 2 heterocycles. The summed E-state index contributed by atoms with van der Waals surface area (Å²) < 4.78 is 0. The standard InChI is InChI=1S/C14H25N5/c1-4-5-6-18(3)13-11-14(16-12-15-13)19-9-7-17(2)8-10-19/h11-12H,4-10H2,1-3H3. The fourth-order valence-electron chi connectivity index (χ4n) is 2.26. The van der Waals surface area contributed by atoms with Gasteiger partial charge in [-0.1, -0.05) is 13.3 Å². The minimum Gasteiger partial charge on any atom is -0.360 e. The fourth-order valence-corrected chi connectivity index (χ4v) is 2.26. The van der Waals surface area contributed by atoms with Crippen LogP contribution in [0.15, 0.2) is 12.4 Å². The molecule has 0 saturated carbocycles. The summed E-state index contributed by atoms with van der Waals surface area (Å²) in [5, 5.41) is 0. The second-order valence-electron chi connectivity index (χ2n) is 5.30. The molecule has 1 aliphatic heterocycles. The van der Waals surface area contributed by atoms with Gasteiger partial charge in [0.25, 0.3) is 0 Å². The number of anilines is 2. The molecule has 5 nitrogen and oxygen atoms in total. The Balaban J connectivity index is 2.02. The van der Waals surface area contributed by atoms with Crippen molar-refractivity contribution in [1.29, 1.82) is 0 Å². The van der Waals surface area contributed by atoms with Gasteiger partial charge in [0.05, 0.1) is 0 Å². The molecule has 1 aromatic heterocycles. The van der Waals surface area contributed by atoms with Crippen LogP contribution in [0, 0.1) is 0 Å². The number of rotatable bonds is 5. The Hall–Kier alpha value is -1.36. The van der Waals surface area contributed by atoms with Gasteiger partial charge in [-0.3, -0.25) is 0 Å². The summed E-state index contributed by atoms with van der Waals surface area (Å²) in [5.74, 6) is 2.08. The van der Waals surface area contributed by atoms with Gasteiger partial charge in [-0.2, -0.15) is 0 Å². The minimum atomic E-state index is 1.03. The monoisotopic (exact) mass is 263 g/mol. The Labute approximate surface area is 116 Å². The Bertz CT molecular complexity index is 387. The maximum atomic E-state index is 4.42. The van der Waals surface area contributed by atoms with Crippen molar-refractivity contribution in [1.82, 2.24) is 14.9 Å². The predicted molar refractivity (Wildman–Crippen MR) is 79.9 cm³/mol. The lowest BCUT2D eigenvalue weighted by atomic mass is 10.3. The van der Waals surface area contributed by atoms with Crippen molar-refractivity contribution in [2.45, 2.75) is 19.8 Å². The zero-order chi connectivity index (χ0) is 13.7. The van der Waals surface area contributed by atoms with Crippen LogP contribution in [0.3, 0.4) is 0 Å². The molecule has 19 heavy (non-hydrogen) atoms. The van der Waals surface area contributed by atoms with E-state index in [1.165, 1.54) is 12.8 Å². The zero-order valence-corrected chi connectivity index (χ0v) is 12.3. The van der Waals surface area contributed by atoms with Gasteiger partial charge in [0.15, 0.2) is 0 Å². The molecule has 1 aliphatic rings. The lowest BCUT2D eigenvalue weighted by molar-refractivity contribution is 0.312. The minimum absolute atomic E-state index is 1.03. The summed E-state index contributed by atoms with van der Waals surface area (Å²) in [4.78, 5) is 15.7. The van der Waals surface area contributed by atoms with E-state index in [-0.39, 0.29) is 0 Å². The number of unbranched alkanes of at least 4 members (excludes halogenated alkanes) is 1.